The first-order chi connectivity index (χ1) is 10.5. The Balaban J connectivity index is 2.29. The van der Waals surface area contributed by atoms with E-state index in [2.05, 4.69) is 30.6 Å². The fraction of sp³-hybridized carbons (Fsp3) is 0.312. The molecule has 0 fully saturated rings. The molecule has 0 spiro atoms. The van der Waals surface area contributed by atoms with E-state index in [4.69, 9.17) is 23.8 Å². The zero-order valence-electron chi connectivity index (χ0n) is 12.5. The van der Waals surface area contributed by atoms with Crippen molar-refractivity contribution >= 4 is 46.0 Å². The highest BCUT2D eigenvalue weighted by Crippen LogP contribution is 2.26. The Labute approximate surface area is 144 Å². The third kappa shape index (κ3) is 4.18. The van der Waals surface area contributed by atoms with E-state index >= 15 is 0 Å². The van der Waals surface area contributed by atoms with Gasteiger partial charge in [0.05, 0.1) is 11.6 Å². The predicted molar refractivity (Wildman–Crippen MR) is 97.5 cm³/mol. The van der Waals surface area contributed by atoms with Gasteiger partial charge in [-0.25, -0.2) is 4.39 Å². The van der Waals surface area contributed by atoms with Crippen molar-refractivity contribution in [3.05, 3.63) is 50.9 Å². The van der Waals surface area contributed by atoms with Gasteiger partial charge >= 0.3 is 0 Å². The third-order valence-corrected chi connectivity index (χ3v) is 4.92. The van der Waals surface area contributed by atoms with Gasteiger partial charge in [-0.05, 0) is 60.8 Å². The molecule has 0 unspecified atom stereocenters. The van der Waals surface area contributed by atoms with Gasteiger partial charge in [-0.1, -0.05) is 18.5 Å². The second kappa shape index (κ2) is 7.90. The second-order valence-electron chi connectivity index (χ2n) is 4.94. The van der Waals surface area contributed by atoms with E-state index < -0.39 is 5.82 Å². The van der Waals surface area contributed by atoms with E-state index in [0.29, 0.717) is 11.7 Å². The van der Waals surface area contributed by atoms with Gasteiger partial charge in [0.1, 0.15) is 5.82 Å². The second-order valence-corrected chi connectivity index (χ2v) is 6.74. The van der Waals surface area contributed by atoms with Crippen LogP contribution in [0.2, 0.25) is 5.02 Å². The van der Waals surface area contributed by atoms with Gasteiger partial charge < -0.3 is 10.2 Å². The lowest BCUT2D eigenvalue weighted by Gasteiger charge is -2.26. The van der Waals surface area contributed by atoms with Crippen LogP contribution < -0.4 is 10.2 Å². The lowest BCUT2D eigenvalue weighted by Crippen LogP contribution is -2.39. The molecule has 0 aliphatic rings. The lowest BCUT2D eigenvalue weighted by molar-refractivity contribution is 0.628. The highest BCUT2D eigenvalue weighted by atomic mass is 35.5. The number of thiocarbonyl (C=S) groups is 1. The summed E-state index contributed by atoms with van der Waals surface area (Å²) in [5, 5.41) is 6.00. The summed E-state index contributed by atoms with van der Waals surface area (Å²) in [6.07, 6.45) is 0.982. The normalized spacial score (nSPS) is 10.5. The number of thiophene rings is 1. The largest absolute Gasteiger partial charge is 0.362 e. The SMILES string of the molecule is CCCNC(=S)N(Cc1sccc1C)c1ccc(F)c(Cl)c1. The summed E-state index contributed by atoms with van der Waals surface area (Å²) in [5.74, 6) is -0.426. The highest BCUT2D eigenvalue weighted by molar-refractivity contribution is 7.80. The Morgan fingerprint density at radius 3 is 2.77 bits per heavy atom. The van der Waals surface area contributed by atoms with Crippen molar-refractivity contribution in [3.8, 4) is 0 Å². The van der Waals surface area contributed by atoms with Crippen molar-refractivity contribution in [1.82, 2.24) is 5.32 Å². The summed E-state index contributed by atoms with van der Waals surface area (Å²) in [4.78, 5) is 3.18. The molecule has 1 N–H and O–H groups in total. The number of benzene rings is 1. The van der Waals surface area contributed by atoms with E-state index in [0.717, 1.165) is 18.7 Å². The third-order valence-electron chi connectivity index (χ3n) is 3.26. The molecule has 0 bridgehead atoms. The Morgan fingerprint density at radius 1 is 1.41 bits per heavy atom. The molecule has 1 aromatic carbocycles. The first-order valence-electron chi connectivity index (χ1n) is 7.06. The van der Waals surface area contributed by atoms with Crippen LogP contribution in [-0.2, 0) is 6.54 Å². The number of aryl methyl sites for hydroxylation is 1. The highest BCUT2D eigenvalue weighted by Gasteiger charge is 2.16. The van der Waals surface area contributed by atoms with Crippen LogP contribution in [0.1, 0.15) is 23.8 Å². The summed E-state index contributed by atoms with van der Waals surface area (Å²) in [5.41, 5.74) is 2.01. The van der Waals surface area contributed by atoms with E-state index in [1.54, 1.807) is 23.5 Å². The maximum atomic E-state index is 13.4. The minimum Gasteiger partial charge on any atom is -0.362 e. The number of nitrogens with zero attached hydrogens (tertiary/aromatic N) is 1. The Kier molecular flexibility index (Phi) is 6.17. The van der Waals surface area contributed by atoms with Crippen LogP contribution in [-0.4, -0.2) is 11.7 Å². The number of hydrogen-bond acceptors (Lipinski definition) is 2. The number of hydrogen-bond donors (Lipinski definition) is 1. The molecule has 6 heteroatoms. The van der Waals surface area contributed by atoms with Gasteiger partial charge in [0.15, 0.2) is 5.11 Å². The van der Waals surface area contributed by atoms with Crippen LogP contribution in [0.4, 0.5) is 10.1 Å². The van der Waals surface area contributed by atoms with Crippen molar-refractivity contribution in [1.29, 1.82) is 0 Å². The fourth-order valence-electron chi connectivity index (χ4n) is 1.97. The molecule has 0 radical (unpaired) electrons. The van der Waals surface area contributed by atoms with Crippen LogP contribution in [0.15, 0.2) is 29.6 Å². The first-order valence-corrected chi connectivity index (χ1v) is 8.73. The molecule has 2 aromatic rings. The van der Waals surface area contributed by atoms with E-state index in [-0.39, 0.29) is 5.02 Å². The Hall–Kier alpha value is -1.17. The van der Waals surface area contributed by atoms with Crippen LogP contribution >= 0.6 is 35.2 Å². The molecule has 0 saturated carbocycles. The van der Waals surface area contributed by atoms with Gasteiger partial charge in [-0.2, -0.15) is 0 Å². The van der Waals surface area contributed by atoms with Crippen LogP contribution in [0, 0.1) is 12.7 Å². The van der Waals surface area contributed by atoms with Crippen molar-refractivity contribution < 1.29 is 4.39 Å². The summed E-state index contributed by atoms with van der Waals surface area (Å²) < 4.78 is 13.4. The standard InChI is InChI=1S/C16H18ClFN2S2/c1-3-7-19-16(21)20(10-15-11(2)6-8-22-15)12-4-5-14(18)13(17)9-12/h4-6,8-9H,3,7,10H2,1-2H3,(H,19,21). The van der Waals surface area contributed by atoms with Crippen molar-refractivity contribution in [2.45, 2.75) is 26.8 Å². The zero-order chi connectivity index (χ0) is 16.1. The molecular formula is C16H18ClFN2S2. The molecule has 118 valence electrons. The van der Waals surface area contributed by atoms with Gasteiger partial charge in [0.25, 0.3) is 0 Å². The molecule has 0 saturated heterocycles. The molecule has 0 aliphatic heterocycles. The molecule has 0 aliphatic carbocycles. The topological polar surface area (TPSA) is 15.3 Å². The van der Waals surface area contributed by atoms with Crippen molar-refractivity contribution in [2.24, 2.45) is 0 Å². The average molecular weight is 357 g/mol. The molecule has 0 amide bonds. The molecule has 2 rings (SSSR count). The Bertz CT molecular complexity index is 657. The maximum absolute atomic E-state index is 13.4. The summed E-state index contributed by atoms with van der Waals surface area (Å²) >= 11 is 13.1. The van der Waals surface area contributed by atoms with Crippen LogP contribution in [0.5, 0.6) is 0 Å². The number of anilines is 1. The molecule has 22 heavy (non-hydrogen) atoms. The van der Waals surface area contributed by atoms with Crippen molar-refractivity contribution in [2.75, 3.05) is 11.4 Å². The summed E-state index contributed by atoms with van der Waals surface area (Å²) in [6, 6.07) is 6.76. The summed E-state index contributed by atoms with van der Waals surface area (Å²) in [7, 11) is 0. The Morgan fingerprint density at radius 2 is 2.18 bits per heavy atom. The van der Waals surface area contributed by atoms with Crippen LogP contribution in [0.25, 0.3) is 0 Å². The van der Waals surface area contributed by atoms with E-state index in [9.17, 15) is 4.39 Å². The lowest BCUT2D eigenvalue weighted by atomic mass is 10.2. The number of rotatable bonds is 5. The minimum absolute atomic E-state index is 0.101. The predicted octanol–water partition coefficient (Wildman–Crippen LogP) is 5.14. The summed E-state index contributed by atoms with van der Waals surface area (Å²) in [6.45, 7) is 5.59. The zero-order valence-corrected chi connectivity index (χ0v) is 14.9. The number of nitrogens with one attached hydrogen (secondary N) is 1. The number of halogens is 2. The molecule has 2 nitrogen and oxygen atoms in total. The smallest absolute Gasteiger partial charge is 0.173 e. The van der Waals surface area contributed by atoms with E-state index in [1.807, 2.05) is 4.90 Å². The first kappa shape index (κ1) is 17.2. The monoisotopic (exact) mass is 356 g/mol. The quantitative estimate of drug-likeness (QED) is 0.747. The van der Waals surface area contributed by atoms with E-state index in [1.165, 1.54) is 16.5 Å². The van der Waals surface area contributed by atoms with Gasteiger partial charge in [0.2, 0.25) is 0 Å². The maximum Gasteiger partial charge on any atom is 0.173 e. The molecule has 0 atom stereocenters. The average Bonchev–Trinajstić information content (AvgIpc) is 2.90. The molecule has 1 heterocycles. The minimum atomic E-state index is -0.426. The fourth-order valence-corrected chi connectivity index (χ4v) is 3.31. The van der Waals surface area contributed by atoms with Gasteiger partial charge in [0, 0.05) is 17.1 Å². The van der Waals surface area contributed by atoms with Gasteiger partial charge in [-0.15, -0.1) is 11.3 Å². The van der Waals surface area contributed by atoms with Crippen molar-refractivity contribution in [3.63, 3.8) is 0 Å². The van der Waals surface area contributed by atoms with Gasteiger partial charge in [-0.3, -0.25) is 0 Å². The van der Waals surface area contributed by atoms with Crippen LogP contribution in [0.3, 0.4) is 0 Å². The molecular weight excluding hydrogens is 339 g/mol. The molecule has 1 aromatic heterocycles.